The van der Waals surface area contributed by atoms with Gasteiger partial charge in [0.15, 0.2) is 9.84 Å². The molecule has 0 aromatic heterocycles. The third-order valence-corrected chi connectivity index (χ3v) is 4.29. The van der Waals surface area contributed by atoms with Crippen molar-refractivity contribution in [1.82, 2.24) is 0 Å². The van der Waals surface area contributed by atoms with Crippen molar-refractivity contribution in [3.8, 4) is 17.6 Å². The van der Waals surface area contributed by atoms with Crippen LogP contribution < -0.4 is 10.5 Å². The molecule has 1 aromatic rings. The third kappa shape index (κ3) is 5.33. The summed E-state index contributed by atoms with van der Waals surface area (Å²) in [5, 5.41) is 0. The first-order chi connectivity index (χ1) is 8.98. The van der Waals surface area contributed by atoms with Gasteiger partial charge in [-0.25, -0.2) is 8.42 Å². The van der Waals surface area contributed by atoms with Crippen molar-refractivity contribution in [2.75, 3.05) is 24.7 Å². The van der Waals surface area contributed by atoms with Gasteiger partial charge < -0.3 is 10.5 Å². The van der Waals surface area contributed by atoms with Crippen LogP contribution in [0.1, 0.15) is 18.1 Å². The molecule has 0 fully saturated rings. The standard InChI is InChI=1S/C14H19NO3S/c1-3-19(16,17)10-9-18-14-7-6-13(5-4-8-15)12(2)11-14/h6-7,11H,3,8-10,15H2,1-2H3. The predicted molar refractivity (Wildman–Crippen MR) is 76.9 cm³/mol. The fourth-order valence-electron chi connectivity index (χ4n) is 1.44. The smallest absolute Gasteiger partial charge is 0.153 e. The molecule has 0 radical (unpaired) electrons. The second-order valence-corrected chi connectivity index (χ2v) is 6.54. The number of benzene rings is 1. The van der Waals surface area contributed by atoms with Crippen LogP contribution in [0.4, 0.5) is 0 Å². The number of hydrogen-bond donors (Lipinski definition) is 1. The van der Waals surface area contributed by atoms with Gasteiger partial charge in [-0.1, -0.05) is 18.8 Å². The lowest BCUT2D eigenvalue weighted by molar-refractivity contribution is 0.340. The van der Waals surface area contributed by atoms with Crippen LogP contribution in [0.3, 0.4) is 0 Å². The molecule has 0 aliphatic carbocycles. The number of aryl methyl sites for hydroxylation is 1. The van der Waals surface area contributed by atoms with Gasteiger partial charge >= 0.3 is 0 Å². The molecule has 5 heteroatoms. The van der Waals surface area contributed by atoms with Gasteiger partial charge in [0.25, 0.3) is 0 Å². The van der Waals surface area contributed by atoms with E-state index in [1.54, 1.807) is 13.0 Å². The van der Waals surface area contributed by atoms with Crippen molar-refractivity contribution in [2.24, 2.45) is 5.73 Å². The summed E-state index contributed by atoms with van der Waals surface area (Å²) in [6.07, 6.45) is 0. The second kappa shape index (κ2) is 7.17. The summed E-state index contributed by atoms with van der Waals surface area (Å²) >= 11 is 0. The molecule has 1 rings (SSSR count). The normalized spacial score (nSPS) is 10.7. The zero-order valence-electron chi connectivity index (χ0n) is 11.3. The van der Waals surface area contributed by atoms with Crippen molar-refractivity contribution >= 4 is 9.84 Å². The van der Waals surface area contributed by atoms with E-state index in [2.05, 4.69) is 11.8 Å². The molecule has 0 amide bonds. The Balaban J connectivity index is 2.64. The van der Waals surface area contributed by atoms with Crippen LogP contribution >= 0.6 is 0 Å². The summed E-state index contributed by atoms with van der Waals surface area (Å²) in [5.41, 5.74) is 7.21. The molecule has 2 N–H and O–H groups in total. The van der Waals surface area contributed by atoms with E-state index in [9.17, 15) is 8.42 Å². The highest BCUT2D eigenvalue weighted by Crippen LogP contribution is 2.16. The van der Waals surface area contributed by atoms with Gasteiger partial charge in [0.2, 0.25) is 0 Å². The molecule has 0 saturated heterocycles. The lowest BCUT2D eigenvalue weighted by atomic mass is 10.1. The molecular formula is C14H19NO3S. The second-order valence-electron chi connectivity index (χ2n) is 4.07. The molecule has 1 aromatic carbocycles. The van der Waals surface area contributed by atoms with E-state index in [0.717, 1.165) is 11.1 Å². The molecule has 4 nitrogen and oxygen atoms in total. The van der Waals surface area contributed by atoms with Gasteiger partial charge in [-0.15, -0.1) is 0 Å². The SMILES string of the molecule is CCS(=O)(=O)CCOc1ccc(C#CCN)c(C)c1. The predicted octanol–water partition coefficient (Wildman–Crippen LogP) is 1.12. The Morgan fingerprint density at radius 3 is 2.68 bits per heavy atom. The minimum absolute atomic E-state index is 0.0390. The molecular weight excluding hydrogens is 262 g/mol. The average Bonchev–Trinajstić information content (AvgIpc) is 2.37. The fraction of sp³-hybridized carbons (Fsp3) is 0.429. The lowest BCUT2D eigenvalue weighted by Gasteiger charge is -2.07. The maximum Gasteiger partial charge on any atom is 0.153 e. The fourth-order valence-corrected chi connectivity index (χ4v) is 2.07. The van der Waals surface area contributed by atoms with E-state index in [1.165, 1.54) is 0 Å². The lowest BCUT2D eigenvalue weighted by Crippen LogP contribution is -2.15. The molecule has 0 unspecified atom stereocenters. The number of rotatable bonds is 5. The maximum atomic E-state index is 11.3. The van der Waals surface area contributed by atoms with Crippen LogP contribution in [0.25, 0.3) is 0 Å². The first kappa shape index (κ1) is 15.5. The summed E-state index contributed by atoms with van der Waals surface area (Å²) in [7, 11) is -2.98. The van der Waals surface area contributed by atoms with Gasteiger partial charge in [0.05, 0.1) is 12.3 Å². The highest BCUT2D eigenvalue weighted by atomic mass is 32.2. The molecule has 0 bridgehead atoms. The van der Waals surface area contributed by atoms with Crippen molar-refractivity contribution in [2.45, 2.75) is 13.8 Å². The minimum atomic E-state index is -2.98. The Kier molecular flexibility index (Phi) is 5.87. The van der Waals surface area contributed by atoms with Gasteiger partial charge in [-0.2, -0.15) is 0 Å². The monoisotopic (exact) mass is 281 g/mol. The molecule has 0 aliphatic rings. The van der Waals surface area contributed by atoms with E-state index in [-0.39, 0.29) is 18.1 Å². The average molecular weight is 281 g/mol. The number of sulfone groups is 1. The van der Waals surface area contributed by atoms with Crippen molar-refractivity contribution in [1.29, 1.82) is 0 Å². The molecule has 0 atom stereocenters. The van der Waals surface area contributed by atoms with Crippen LogP contribution in [0.5, 0.6) is 5.75 Å². The van der Waals surface area contributed by atoms with E-state index in [1.807, 2.05) is 19.1 Å². The van der Waals surface area contributed by atoms with Crippen molar-refractivity contribution in [3.05, 3.63) is 29.3 Å². The van der Waals surface area contributed by atoms with E-state index in [0.29, 0.717) is 12.3 Å². The molecule has 104 valence electrons. The summed E-state index contributed by atoms with van der Waals surface area (Å²) in [4.78, 5) is 0. The molecule has 19 heavy (non-hydrogen) atoms. The topological polar surface area (TPSA) is 69.4 Å². The Morgan fingerprint density at radius 2 is 2.11 bits per heavy atom. The van der Waals surface area contributed by atoms with Crippen molar-refractivity contribution in [3.63, 3.8) is 0 Å². The molecule has 0 saturated carbocycles. The van der Waals surface area contributed by atoms with E-state index < -0.39 is 9.84 Å². The third-order valence-electron chi connectivity index (χ3n) is 2.63. The zero-order valence-corrected chi connectivity index (χ0v) is 12.1. The Labute approximate surface area is 114 Å². The first-order valence-corrected chi connectivity index (χ1v) is 7.93. The summed E-state index contributed by atoms with van der Waals surface area (Å²) < 4.78 is 28.1. The van der Waals surface area contributed by atoms with Gasteiger partial charge in [0, 0.05) is 11.3 Å². The van der Waals surface area contributed by atoms with Gasteiger partial charge in [-0.05, 0) is 30.7 Å². The number of nitrogens with two attached hydrogens (primary N) is 1. The van der Waals surface area contributed by atoms with Crippen LogP contribution in [-0.2, 0) is 9.84 Å². The van der Waals surface area contributed by atoms with E-state index in [4.69, 9.17) is 10.5 Å². The Morgan fingerprint density at radius 1 is 1.37 bits per heavy atom. The number of hydrogen-bond acceptors (Lipinski definition) is 4. The summed E-state index contributed by atoms with van der Waals surface area (Å²) in [6, 6.07) is 5.48. The minimum Gasteiger partial charge on any atom is -0.493 e. The maximum absolute atomic E-state index is 11.3. The highest BCUT2D eigenvalue weighted by Gasteiger charge is 2.07. The van der Waals surface area contributed by atoms with Gasteiger partial charge in [0.1, 0.15) is 12.4 Å². The molecule has 0 aliphatic heterocycles. The summed E-state index contributed by atoms with van der Waals surface area (Å²) in [6.45, 7) is 4.05. The number of ether oxygens (including phenoxy) is 1. The molecule has 0 spiro atoms. The van der Waals surface area contributed by atoms with Crippen molar-refractivity contribution < 1.29 is 13.2 Å². The Bertz CT molecular complexity index is 582. The Hall–Kier alpha value is -1.51. The van der Waals surface area contributed by atoms with Crippen LogP contribution in [0.15, 0.2) is 18.2 Å². The molecule has 0 heterocycles. The van der Waals surface area contributed by atoms with Gasteiger partial charge in [-0.3, -0.25) is 0 Å². The first-order valence-electron chi connectivity index (χ1n) is 6.11. The summed E-state index contributed by atoms with van der Waals surface area (Å²) in [5.74, 6) is 6.59. The quantitative estimate of drug-likeness (QED) is 0.821. The van der Waals surface area contributed by atoms with Crippen LogP contribution in [0, 0.1) is 18.8 Å². The largest absolute Gasteiger partial charge is 0.493 e. The zero-order chi connectivity index (χ0) is 14.3. The highest BCUT2D eigenvalue weighted by molar-refractivity contribution is 7.91. The van der Waals surface area contributed by atoms with Crippen LogP contribution in [-0.4, -0.2) is 33.1 Å². The van der Waals surface area contributed by atoms with E-state index >= 15 is 0 Å². The van der Waals surface area contributed by atoms with Crippen LogP contribution in [0.2, 0.25) is 0 Å².